The van der Waals surface area contributed by atoms with Crippen LogP contribution in [0.3, 0.4) is 0 Å². The van der Waals surface area contributed by atoms with Crippen molar-refractivity contribution in [2.24, 2.45) is 0 Å². The average molecular weight is 588 g/mol. The van der Waals surface area contributed by atoms with Crippen LogP contribution in [0, 0.1) is 23.7 Å². The SMILES string of the molecule is CC1(C)[N-]C(C)(C)c2cc3c(C#Cc4ccccc4)c4cc5c(cc4c(C#Cc4ccccc4)c3cc21)C(C)(C)N(O)C5(C)C. The molecule has 0 spiro atoms. The summed E-state index contributed by atoms with van der Waals surface area (Å²) in [5.41, 5.74) is 6.73. The third-order valence-electron chi connectivity index (χ3n) is 9.86. The summed E-state index contributed by atoms with van der Waals surface area (Å²) in [5.74, 6) is 14.2. The second-order valence-electron chi connectivity index (χ2n) is 14.5. The van der Waals surface area contributed by atoms with Gasteiger partial charge in [-0.05, 0) is 96.8 Å². The molecule has 1 N–H and O–H groups in total. The highest BCUT2D eigenvalue weighted by Gasteiger charge is 2.49. The van der Waals surface area contributed by atoms with E-state index in [0.717, 1.165) is 54.9 Å². The van der Waals surface area contributed by atoms with E-state index in [1.54, 1.807) is 0 Å². The molecule has 2 heterocycles. The molecule has 2 aliphatic heterocycles. The maximum absolute atomic E-state index is 11.4. The highest BCUT2D eigenvalue weighted by Crippen LogP contribution is 2.54. The average Bonchev–Trinajstić information content (AvgIpc) is 3.27. The highest BCUT2D eigenvalue weighted by molar-refractivity contribution is 6.11. The molecule has 0 saturated heterocycles. The third-order valence-corrected chi connectivity index (χ3v) is 9.86. The van der Waals surface area contributed by atoms with E-state index >= 15 is 0 Å². The molecule has 7 rings (SSSR count). The zero-order valence-electron chi connectivity index (χ0n) is 27.4. The standard InChI is InChI=1S/C42H39N2O/c1-39(2)35-23-31-29(21-19-27-15-11-9-12-16-27)33-25-37-38(42(7,8)44(45)41(37,5)6)26-34(33)30(22-20-28-17-13-10-14-18-28)32(31)24-36(35)40(3,4)43-39/h9-18,23-26,45H,1-8H3/q-1. The van der Waals surface area contributed by atoms with Crippen molar-refractivity contribution in [2.75, 3.05) is 0 Å². The number of benzene rings is 5. The summed E-state index contributed by atoms with van der Waals surface area (Å²) in [4.78, 5) is 0. The highest BCUT2D eigenvalue weighted by atomic mass is 16.5. The Morgan fingerprint density at radius 3 is 1.18 bits per heavy atom. The molecule has 0 amide bonds. The molecule has 2 aliphatic rings. The Morgan fingerprint density at radius 1 is 0.489 bits per heavy atom. The van der Waals surface area contributed by atoms with Gasteiger partial charge >= 0.3 is 0 Å². The van der Waals surface area contributed by atoms with Gasteiger partial charge in [0.15, 0.2) is 0 Å². The quantitative estimate of drug-likeness (QED) is 0.145. The fraction of sp³-hybridized carbons (Fsp3) is 0.286. The van der Waals surface area contributed by atoms with E-state index < -0.39 is 11.1 Å². The van der Waals surface area contributed by atoms with Crippen LogP contribution in [-0.4, -0.2) is 10.3 Å². The van der Waals surface area contributed by atoms with Crippen LogP contribution in [0.25, 0.3) is 26.9 Å². The fourth-order valence-electron chi connectivity index (χ4n) is 7.67. The van der Waals surface area contributed by atoms with Crippen LogP contribution in [0.1, 0.15) is 99.9 Å². The fourth-order valence-corrected chi connectivity index (χ4v) is 7.67. The monoisotopic (exact) mass is 587 g/mol. The topological polar surface area (TPSA) is 37.6 Å². The molecule has 0 radical (unpaired) electrons. The van der Waals surface area contributed by atoms with Gasteiger partial charge in [0.2, 0.25) is 0 Å². The summed E-state index contributed by atoms with van der Waals surface area (Å²) < 4.78 is 0. The molecule has 0 bridgehead atoms. The zero-order valence-corrected chi connectivity index (χ0v) is 27.4. The molecular weight excluding hydrogens is 548 g/mol. The van der Waals surface area contributed by atoms with Gasteiger partial charge in [-0.2, -0.15) is 5.06 Å². The molecule has 0 aliphatic carbocycles. The van der Waals surface area contributed by atoms with Crippen molar-refractivity contribution >= 4 is 21.5 Å². The van der Waals surface area contributed by atoms with E-state index in [-0.39, 0.29) is 11.1 Å². The lowest BCUT2D eigenvalue weighted by Gasteiger charge is -2.42. The predicted molar refractivity (Wildman–Crippen MR) is 185 cm³/mol. The Morgan fingerprint density at radius 2 is 0.822 bits per heavy atom. The van der Waals surface area contributed by atoms with Gasteiger partial charge in [-0.15, -0.1) is 11.1 Å². The largest absolute Gasteiger partial charge is 0.644 e. The van der Waals surface area contributed by atoms with Crippen LogP contribution < -0.4 is 0 Å². The van der Waals surface area contributed by atoms with Crippen LogP contribution in [-0.2, 0) is 22.2 Å². The Bertz CT molecular complexity index is 1990. The van der Waals surface area contributed by atoms with Gasteiger partial charge in [0.25, 0.3) is 0 Å². The lowest BCUT2D eigenvalue weighted by Crippen LogP contribution is -2.42. The van der Waals surface area contributed by atoms with Gasteiger partial charge in [0, 0.05) is 22.3 Å². The van der Waals surface area contributed by atoms with Gasteiger partial charge in [-0.3, -0.25) is 0 Å². The summed E-state index contributed by atoms with van der Waals surface area (Å²) in [7, 11) is 0. The lowest BCUT2D eigenvalue weighted by atomic mass is 9.81. The number of rotatable bonds is 0. The van der Waals surface area contributed by atoms with Crippen LogP contribution in [0.4, 0.5) is 0 Å². The van der Waals surface area contributed by atoms with Crippen molar-refractivity contribution in [3.8, 4) is 23.7 Å². The smallest absolute Gasteiger partial charge is 0.0666 e. The maximum atomic E-state index is 11.4. The molecule has 5 aromatic carbocycles. The number of fused-ring (bicyclic) bond motifs is 4. The molecule has 0 fully saturated rings. The molecule has 224 valence electrons. The minimum absolute atomic E-state index is 0.330. The molecule has 5 aromatic rings. The Labute approximate surface area is 267 Å². The number of nitrogens with zero attached hydrogens (tertiary/aromatic N) is 2. The predicted octanol–water partition coefficient (Wildman–Crippen LogP) is 9.83. The van der Waals surface area contributed by atoms with Crippen LogP contribution >= 0.6 is 0 Å². The number of hydrogen-bond donors (Lipinski definition) is 1. The number of hydroxylamine groups is 2. The van der Waals surface area contributed by atoms with Crippen molar-refractivity contribution in [1.82, 2.24) is 5.06 Å². The van der Waals surface area contributed by atoms with Crippen molar-refractivity contribution in [2.45, 2.75) is 77.5 Å². The Hall–Kier alpha value is -4.38. The molecule has 0 aromatic heterocycles. The van der Waals surface area contributed by atoms with Gasteiger partial charge in [-0.1, -0.05) is 111 Å². The van der Waals surface area contributed by atoms with Crippen LogP contribution in [0.15, 0.2) is 84.9 Å². The Kier molecular flexibility index (Phi) is 6.39. The first kappa shape index (κ1) is 29.3. The lowest BCUT2D eigenvalue weighted by molar-refractivity contribution is -0.216. The van der Waals surface area contributed by atoms with E-state index in [2.05, 4.69) is 103 Å². The molecule has 0 unspecified atom stereocenters. The molecule has 3 nitrogen and oxygen atoms in total. The summed E-state index contributed by atoms with van der Waals surface area (Å²) in [6, 6.07) is 29.5. The van der Waals surface area contributed by atoms with Crippen molar-refractivity contribution < 1.29 is 5.21 Å². The van der Waals surface area contributed by atoms with Crippen molar-refractivity contribution in [3.63, 3.8) is 0 Å². The second kappa shape index (κ2) is 9.81. The first-order valence-electron chi connectivity index (χ1n) is 15.7. The maximum Gasteiger partial charge on any atom is 0.0666 e. The van der Waals surface area contributed by atoms with Gasteiger partial charge in [0.1, 0.15) is 0 Å². The van der Waals surface area contributed by atoms with Crippen LogP contribution in [0.2, 0.25) is 0 Å². The molecule has 45 heavy (non-hydrogen) atoms. The zero-order chi connectivity index (χ0) is 31.9. The van der Waals surface area contributed by atoms with Gasteiger partial charge in [-0.25, -0.2) is 0 Å². The molecular formula is C42H39N2O-. The van der Waals surface area contributed by atoms with E-state index in [1.807, 2.05) is 60.7 Å². The van der Waals surface area contributed by atoms with Crippen molar-refractivity contribution in [3.05, 3.63) is 135 Å². The van der Waals surface area contributed by atoms with Crippen LogP contribution in [0.5, 0.6) is 0 Å². The summed E-state index contributed by atoms with van der Waals surface area (Å²) in [6.45, 7) is 17.1. The number of hydrogen-bond acceptors (Lipinski definition) is 2. The van der Waals surface area contributed by atoms with E-state index in [4.69, 9.17) is 5.32 Å². The summed E-state index contributed by atoms with van der Waals surface area (Å²) in [5, 5.41) is 22.4. The molecule has 3 heteroatoms. The van der Waals surface area contributed by atoms with E-state index in [9.17, 15) is 5.21 Å². The third kappa shape index (κ3) is 4.50. The first-order valence-corrected chi connectivity index (χ1v) is 15.7. The Balaban J connectivity index is 1.67. The van der Waals surface area contributed by atoms with Crippen molar-refractivity contribution in [1.29, 1.82) is 0 Å². The second-order valence-corrected chi connectivity index (χ2v) is 14.5. The van der Waals surface area contributed by atoms with E-state index in [1.165, 1.54) is 16.2 Å². The summed E-state index contributed by atoms with van der Waals surface area (Å²) >= 11 is 0. The van der Waals surface area contributed by atoms with Gasteiger partial charge in [0.05, 0.1) is 11.1 Å². The van der Waals surface area contributed by atoms with E-state index in [0.29, 0.717) is 0 Å². The summed E-state index contributed by atoms with van der Waals surface area (Å²) in [6.07, 6.45) is 0. The van der Waals surface area contributed by atoms with Gasteiger partial charge < -0.3 is 10.5 Å². The minimum Gasteiger partial charge on any atom is -0.644 e. The first-order chi connectivity index (χ1) is 21.2. The normalized spacial score (nSPS) is 18.5. The molecule has 0 atom stereocenters. The minimum atomic E-state index is -0.579. The molecule has 0 saturated carbocycles.